The molecule has 1 heteroatoms. The van der Waals surface area contributed by atoms with Crippen LogP contribution in [-0.4, -0.2) is 0 Å². The lowest BCUT2D eigenvalue weighted by atomic mass is 9.65. The molecule has 72 heavy (non-hydrogen) atoms. The van der Waals surface area contributed by atoms with Crippen molar-refractivity contribution in [3.05, 3.63) is 294 Å². The molecule has 338 valence electrons. The molecule has 13 aromatic rings. The van der Waals surface area contributed by atoms with Gasteiger partial charge in [0.2, 0.25) is 0 Å². The minimum atomic E-state index is -0.560. The van der Waals surface area contributed by atoms with E-state index in [0.29, 0.717) is 0 Å². The van der Waals surface area contributed by atoms with E-state index >= 15 is 0 Å². The van der Waals surface area contributed by atoms with E-state index in [2.05, 4.69) is 280 Å². The first-order valence-corrected chi connectivity index (χ1v) is 25.2. The van der Waals surface area contributed by atoms with Crippen LogP contribution in [0.4, 0.5) is 17.1 Å². The van der Waals surface area contributed by atoms with Gasteiger partial charge in [-0.3, -0.25) is 0 Å². The summed E-state index contributed by atoms with van der Waals surface area (Å²) in [5, 5.41) is 12.3. The van der Waals surface area contributed by atoms with Gasteiger partial charge in [-0.1, -0.05) is 243 Å². The molecule has 13 aromatic carbocycles. The maximum atomic E-state index is 2.52. The van der Waals surface area contributed by atoms with Crippen molar-refractivity contribution in [1.82, 2.24) is 0 Å². The van der Waals surface area contributed by atoms with E-state index in [1.807, 2.05) is 0 Å². The molecular weight excluding hydrogens is 867 g/mol. The maximum absolute atomic E-state index is 2.52. The van der Waals surface area contributed by atoms with Gasteiger partial charge in [0.15, 0.2) is 0 Å². The predicted octanol–water partition coefficient (Wildman–Crippen LogP) is 19.2. The lowest BCUT2D eigenvalue weighted by molar-refractivity contribution is 0.770. The number of aryl methyl sites for hydroxylation is 2. The van der Waals surface area contributed by atoms with Crippen LogP contribution >= 0.6 is 0 Å². The molecule has 0 heterocycles. The monoisotopic (exact) mass is 915 g/mol. The minimum absolute atomic E-state index is 0.560. The molecule has 0 saturated carbocycles. The minimum Gasteiger partial charge on any atom is -0.309 e. The Morgan fingerprint density at radius 1 is 0.250 bits per heavy atom. The zero-order valence-corrected chi connectivity index (χ0v) is 40.3. The van der Waals surface area contributed by atoms with Crippen molar-refractivity contribution in [3.8, 4) is 33.4 Å². The van der Waals surface area contributed by atoms with E-state index in [1.54, 1.807) is 0 Å². The lowest BCUT2D eigenvalue weighted by Crippen LogP contribution is -2.29. The molecule has 1 aliphatic rings. The third-order valence-corrected chi connectivity index (χ3v) is 15.8. The summed E-state index contributed by atoms with van der Waals surface area (Å²) in [4.78, 5) is 2.52. The normalized spacial score (nSPS) is 12.7. The van der Waals surface area contributed by atoms with Crippen LogP contribution in [0, 0.1) is 13.8 Å². The van der Waals surface area contributed by atoms with Gasteiger partial charge < -0.3 is 4.90 Å². The van der Waals surface area contributed by atoms with Gasteiger partial charge in [0.1, 0.15) is 0 Å². The summed E-state index contributed by atoms with van der Waals surface area (Å²) < 4.78 is 0. The van der Waals surface area contributed by atoms with Gasteiger partial charge in [-0.05, 0) is 137 Å². The SMILES string of the molecule is Cc1ccc(N(c2ccc(C)c3ccccc23)c2ccc(-c3c4ccccc4c(-c4cccc5c4C(c4ccccc4)(c4ccccc4)c4ccccc4-5)c4ccccc34)c3ccccc23)c2ccccc12. The first-order valence-electron chi connectivity index (χ1n) is 25.2. The van der Waals surface area contributed by atoms with Crippen molar-refractivity contribution in [3.63, 3.8) is 0 Å². The van der Waals surface area contributed by atoms with Crippen LogP contribution in [0.2, 0.25) is 0 Å². The second-order valence-corrected chi connectivity index (χ2v) is 19.5. The molecule has 0 saturated heterocycles. The van der Waals surface area contributed by atoms with Gasteiger partial charge in [-0.2, -0.15) is 0 Å². The molecular formula is C71H49N. The fraction of sp³-hybridized carbons (Fsp3) is 0.0423. The molecule has 0 atom stereocenters. The summed E-state index contributed by atoms with van der Waals surface area (Å²) in [5.41, 5.74) is 18.1. The first-order chi connectivity index (χ1) is 35.6. The van der Waals surface area contributed by atoms with Crippen molar-refractivity contribution < 1.29 is 0 Å². The Hall–Kier alpha value is -9.04. The highest BCUT2D eigenvalue weighted by Gasteiger charge is 2.47. The van der Waals surface area contributed by atoms with E-state index in [4.69, 9.17) is 0 Å². The third-order valence-electron chi connectivity index (χ3n) is 15.8. The Morgan fingerprint density at radius 3 is 1.12 bits per heavy atom. The molecule has 0 aliphatic heterocycles. The molecule has 1 nitrogen and oxygen atoms in total. The Morgan fingerprint density at radius 2 is 0.611 bits per heavy atom. The summed E-state index contributed by atoms with van der Waals surface area (Å²) in [7, 11) is 0. The topological polar surface area (TPSA) is 3.24 Å². The second-order valence-electron chi connectivity index (χ2n) is 19.5. The quantitative estimate of drug-likeness (QED) is 0.144. The van der Waals surface area contributed by atoms with E-state index < -0.39 is 5.41 Å². The van der Waals surface area contributed by atoms with Crippen LogP contribution < -0.4 is 4.90 Å². The van der Waals surface area contributed by atoms with Crippen LogP contribution in [-0.2, 0) is 5.41 Å². The molecule has 1 aliphatic carbocycles. The van der Waals surface area contributed by atoms with Crippen LogP contribution in [0.1, 0.15) is 33.4 Å². The average molecular weight is 916 g/mol. The largest absolute Gasteiger partial charge is 0.309 e. The van der Waals surface area contributed by atoms with Gasteiger partial charge in [-0.15, -0.1) is 0 Å². The smallest absolute Gasteiger partial charge is 0.0719 e. The van der Waals surface area contributed by atoms with Gasteiger partial charge in [-0.25, -0.2) is 0 Å². The van der Waals surface area contributed by atoms with Crippen LogP contribution in [0.15, 0.2) is 261 Å². The van der Waals surface area contributed by atoms with Crippen LogP contribution in [0.3, 0.4) is 0 Å². The fourth-order valence-electron chi connectivity index (χ4n) is 12.8. The second kappa shape index (κ2) is 16.5. The lowest BCUT2D eigenvalue weighted by Gasteiger charge is -2.35. The Kier molecular flexibility index (Phi) is 9.63. The van der Waals surface area contributed by atoms with Crippen molar-refractivity contribution >= 4 is 70.9 Å². The number of rotatable bonds is 7. The molecule has 0 amide bonds. The van der Waals surface area contributed by atoms with Gasteiger partial charge in [0.25, 0.3) is 0 Å². The van der Waals surface area contributed by atoms with Crippen molar-refractivity contribution in [1.29, 1.82) is 0 Å². The summed E-state index contributed by atoms with van der Waals surface area (Å²) in [5.74, 6) is 0. The number of hydrogen-bond donors (Lipinski definition) is 0. The molecule has 0 bridgehead atoms. The Balaban J connectivity index is 1.06. The fourth-order valence-corrected chi connectivity index (χ4v) is 12.8. The average Bonchev–Trinajstić information content (AvgIpc) is 3.76. The van der Waals surface area contributed by atoms with Crippen molar-refractivity contribution in [2.24, 2.45) is 0 Å². The zero-order chi connectivity index (χ0) is 47.9. The summed E-state index contributed by atoms with van der Waals surface area (Å²) in [6, 6.07) is 97.6. The number of anilines is 3. The Bertz CT molecular complexity index is 4120. The molecule has 0 radical (unpaired) electrons. The first kappa shape index (κ1) is 41.9. The number of fused-ring (bicyclic) bond motifs is 8. The summed E-state index contributed by atoms with van der Waals surface area (Å²) in [6.45, 7) is 4.43. The standard InChI is InChI=1S/C71H49N/c1-46-40-43-65(54-30-12-9-26-50(46)54)72(66-44-41-47(2)51-27-10-13-31-55(51)66)67-45-42-61(52-28-11-14-32-56(52)67)68-57-33-15-17-35-59(57)69(60-36-18-16-34-58(60)68)63-38-21-37-62-53-29-19-20-39-64(53)71(70(62)63,48-22-5-3-6-23-48)49-24-7-4-8-25-49/h3-45H,1-2H3. The number of hydrogen-bond acceptors (Lipinski definition) is 1. The molecule has 0 N–H and O–H groups in total. The van der Waals surface area contributed by atoms with Gasteiger partial charge in [0.05, 0.1) is 22.5 Å². The van der Waals surface area contributed by atoms with Gasteiger partial charge in [0, 0.05) is 16.2 Å². The summed E-state index contributed by atoms with van der Waals surface area (Å²) >= 11 is 0. The predicted molar refractivity (Wildman–Crippen MR) is 306 cm³/mol. The summed E-state index contributed by atoms with van der Waals surface area (Å²) in [6.07, 6.45) is 0. The third kappa shape index (κ3) is 6.07. The van der Waals surface area contributed by atoms with E-state index in [1.165, 1.54) is 121 Å². The van der Waals surface area contributed by atoms with Crippen molar-refractivity contribution in [2.75, 3.05) is 4.90 Å². The number of nitrogens with zero attached hydrogens (tertiary/aromatic N) is 1. The van der Waals surface area contributed by atoms with Crippen LogP contribution in [0.5, 0.6) is 0 Å². The highest BCUT2D eigenvalue weighted by atomic mass is 15.1. The number of benzene rings is 13. The van der Waals surface area contributed by atoms with Crippen molar-refractivity contribution in [2.45, 2.75) is 19.3 Å². The molecule has 0 unspecified atom stereocenters. The molecule has 0 aromatic heterocycles. The molecule has 0 spiro atoms. The zero-order valence-electron chi connectivity index (χ0n) is 40.3. The van der Waals surface area contributed by atoms with Crippen LogP contribution in [0.25, 0.3) is 87.2 Å². The Labute approximate surface area is 420 Å². The molecule has 14 rings (SSSR count). The van der Waals surface area contributed by atoms with E-state index in [9.17, 15) is 0 Å². The van der Waals surface area contributed by atoms with E-state index in [0.717, 1.165) is 17.1 Å². The van der Waals surface area contributed by atoms with Gasteiger partial charge >= 0.3 is 0 Å². The highest BCUT2D eigenvalue weighted by molar-refractivity contribution is 6.25. The van der Waals surface area contributed by atoms with E-state index in [-0.39, 0.29) is 0 Å². The molecule has 0 fully saturated rings. The highest BCUT2D eigenvalue weighted by Crippen LogP contribution is 2.60. The maximum Gasteiger partial charge on any atom is 0.0719 e.